The van der Waals surface area contributed by atoms with E-state index < -0.39 is 0 Å². The summed E-state index contributed by atoms with van der Waals surface area (Å²) >= 11 is 0. The van der Waals surface area contributed by atoms with Gasteiger partial charge in [-0.2, -0.15) is 0 Å². The zero-order valence-corrected chi connectivity index (χ0v) is 18.4. The van der Waals surface area contributed by atoms with E-state index in [4.69, 9.17) is 4.98 Å². The minimum atomic E-state index is -0.0589. The highest BCUT2D eigenvalue weighted by atomic mass is 16.2. The smallest absolute Gasteiger partial charge is 0.242 e. The van der Waals surface area contributed by atoms with Crippen molar-refractivity contribution in [1.82, 2.24) is 19.4 Å². The van der Waals surface area contributed by atoms with Crippen LogP contribution in [-0.2, 0) is 16.1 Å². The van der Waals surface area contributed by atoms with Gasteiger partial charge in [-0.05, 0) is 36.8 Å². The van der Waals surface area contributed by atoms with Crippen molar-refractivity contribution >= 4 is 22.8 Å². The number of hydrogen-bond donors (Lipinski definition) is 0. The van der Waals surface area contributed by atoms with Gasteiger partial charge in [0.2, 0.25) is 11.8 Å². The summed E-state index contributed by atoms with van der Waals surface area (Å²) in [6, 6.07) is 7.88. The lowest BCUT2D eigenvalue weighted by atomic mass is 10.1. The minimum Gasteiger partial charge on any atom is -0.341 e. The number of carbonyl (C=O) groups is 2. The van der Waals surface area contributed by atoms with Gasteiger partial charge in [0, 0.05) is 26.6 Å². The van der Waals surface area contributed by atoms with Gasteiger partial charge in [0.1, 0.15) is 12.4 Å². The largest absolute Gasteiger partial charge is 0.341 e. The molecule has 0 radical (unpaired) electrons. The molecule has 2 aromatic rings. The summed E-state index contributed by atoms with van der Waals surface area (Å²) in [6.07, 6.45) is 1.85. The molecular formula is C23H34N4O2. The summed E-state index contributed by atoms with van der Waals surface area (Å²) in [5.41, 5.74) is 1.84. The number of imidazole rings is 1. The molecule has 2 heterocycles. The maximum atomic E-state index is 13.3. The van der Waals surface area contributed by atoms with E-state index in [1.54, 1.807) is 6.92 Å². The zero-order chi connectivity index (χ0) is 21.1. The first-order valence-electron chi connectivity index (χ1n) is 10.8. The van der Waals surface area contributed by atoms with Gasteiger partial charge in [0.15, 0.2) is 0 Å². The molecule has 1 aromatic heterocycles. The molecule has 0 spiro atoms. The number of carbonyl (C=O) groups excluding carboxylic acids is 2. The number of fused-ring (bicyclic) bond motifs is 1. The Bertz CT molecular complexity index is 861. The standard InChI is InChI=1S/C23H34N4O2/c1-16(2)13-25(14-17(3)4)22(29)15-27-20-10-7-6-9-19(20)24-23(27)21-11-8-12-26(21)18(5)28/h6-7,9-10,16-17,21H,8,11-15H2,1-5H3/t21-/m1/s1. The SMILES string of the molecule is CC(=O)N1CCC[C@@H]1c1nc2ccccc2n1CC(=O)N(CC(C)C)CC(C)C. The van der Waals surface area contributed by atoms with E-state index in [0.29, 0.717) is 11.8 Å². The second-order valence-electron chi connectivity index (χ2n) is 9.00. The highest BCUT2D eigenvalue weighted by Gasteiger charge is 2.33. The van der Waals surface area contributed by atoms with Gasteiger partial charge < -0.3 is 14.4 Å². The molecule has 1 saturated heterocycles. The van der Waals surface area contributed by atoms with Crippen molar-refractivity contribution in [2.45, 2.75) is 60.0 Å². The summed E-state index contributed by atoms with van der Waals surface area (Å²) < 4.78 is 2.04. The Hall–Kier alpha value is -2.37. The number of benzene rings is 1. The van der Waals surface area contributed by atoms with Crippen LogP contribution in [-0.4, -0.2) is 50.8 Å². The summed E-state index contributed by atoms with van der Waals surface area (Å²) in [5.74, 6) is 1.85. The van der Waals surface area contributed by atoms with Crippen molar-refractivity contribution in [1.29, 1.82) is 0 Å². The highest BCUT2D eigenvalue weighted by Crippen LogP contribution is 2.33. The molecule has 0 N–H and O–H groups in total. The molecular weight excluding hydrogens is 364 g/mol. The summed E-state index contributed by atoms with van der Waals surface area (Å²) in [7, 11) is 0. The van der Waals surface area contributed by atoms with Crippen LogP contribution in [0.25, 0.3) is 11.0 Å². The fraction of sp³-hybridized carbons (Fsp3) is 0.609. The summed E-state index contributed by atoms with van der Waals surface area (Å²) in [5, 5.41) is 0. The molecule has 1 aromatic carbocycles. The van der Waals surface area contributed by atoms with E-state index in [1.165, 1.54) is 0 Å². The van der Waals surface area contributed by atoms with Crippen molar-refractivity contribution in [3.8, 4) is 0 Å². The Kier molecular flexibility index (Phi) is 6.60. The third kappa shape index (κ3) is 4.80. The lowest BCUT2D eigenvalue weighted by molar-refractivity contribution is -0.132. The lowest BCUT2D eigenvalue weighted by Crippen LogP contribution is -2.39. The van der Waals surface area contributed by atoms with Crippen LogP contribution in [0.4, 0.5) is 0 Å². The Morgan fingerprint density at radius 1 is 1.14 bits per heavy atom. The number of aromatic nitrogens is 2. The van der Waals surface area contributed by atoms with Gasteiger partial charge in [0.05, 0.1) is 17.1 Å². The Morgan fingerprint density at radius 3 is 2.41 bits per heavy atom. The van der Waals surface area contributed by atoms with Gasteiger partial charge in [-0.1, -0.05) is 39.8 Å². The molecule has 6 heteroatoms. The zero-order valence-electron chi connectivity index (χ0n) is 18.4. The number of nitrogens with zero attached hydrogens (tertiary/aromatic N) is 4. The van der Waals surface area contributed by atoms with E-state index in [-0.39, 0.29) is 24.4 Å². The van der Waals surface area contributed by atoms with E-state index in [0.717, 1.165) is 49.3 Å². The van der Waals surface area contributed by atoms with E-state index >= 15 is 0 Å². The molecule has 6 nitrogen and oxygen atoms in total. The summed E-state index contributed by atoms with van der Waals surface area (Å²) in [4.78, 5) is 34.2. The first-order valence-corrected chi connectivity index (χ1v) is 10.8. The third-order valence-corrected chi connectivity index (χ3v) is 5.46. The average Bonchev–Trinajstić information content (AvgIpc) is 3.25. The van der Waals surface area contributed by atoms with Crippen LogP contribution in [0.2, 0.25) is 0 Å². The van der Waals surface area contributed by atoms with Crippen molar-refractivity contribution in [2.24, 2.45) is 11.8 Å². The predicted molar refractivity (Wildman–Crippen MR) is 115 cm³/mol. The van der Waals surface area contributed by atoms with Crippen LogP contribution in [0.1, 0.15) is 59.3 Å². The Balaban J connectivity index is 1.97. The van der Waals surface area contributed by atoms with Crippen molar-refractivity contribution in [3.05, 3.63) is 30.1 Å². The molecule has 158 valence electrons. The molecule has 0 unspecified atom stereocenters. The third-order valence-electron chi connectivity index (χ3n) is 5.46. The molecule has 0 aliphatic carbocycles. The molecule has 0 saturated carbocycles. The molecule has 0 bridgehead atoms. The lowest BCUT2D eigenvalue weighted by Gasteiger charge is -2.28. The van der Waals surface area contributed by atoms with Crippen LogP contribution in [0.3, 0.4) is 0 Å². The van der Waals surface area contributed by atoms with Crippen LogP contribution in [0.15, 0.2) is 24.3 Å². The summed E-state index contributed by atoms with van der Waals surface area (Å²) in [6.45, 7) is 12.7. The van der Waals surface area contributed by atoms with Crippen LogP contribution in [0, 0.1) is 11.8 Å². The van der Waals surface area contributed by atoms with Crippen molar-refractivity contribution in [2.75, 3.05) is 19.6 Å². The normalized spacial score (nSPS) is 16.9. The fourth-order valence-electron chi connectivity index (χ4n) is 4.32. The molecule has 1 fully saturated rings. The molecule has 1 aliphatic rings. The van der Waals surface area contributed by atoms with E-state index in [2.05, 4.69) is 27.7 Å². The molecule has 29 heavy (non-hydrogen) atoms. The Morgan fingerprint density at radius 2 is 1.79 bits per heavy atom. The second kappa shape index (κ2) is 8.97. The number of rotatable bonds is 7. The van der Waals surface area contributed by atoms with Crippen LogP contribution in [0.5, 0.6) is 0 Å². The first-order chi connectivity index (χ1) is 13.8. The van der Waals surface area contributed by atoms with Gasteiger partial charge in [-0.15, -0.1) is 0 Å². The number of para-hydroxylation sites is 2. The fourth-order valence-corrected chi connectivity index (χ4v) is 4.32. The molecule has 1 aliphatic heterocycles. The van der Waals surface area contributed by atoms with Crippen molar-refractivity contribution < 1.29 is 9.59 Å². The second-order valence-corrected chi connectivity index (χ2v) is 9.00. The van der Waals surface area contributed by atoms with Crippen molar-refractivity contribution in [3.63, 3.8) is 0 Å². The quantitative estimate of drug-likeness (QED) is 0.712. The van der Waals surface area contributed by atoms with E-state index in [1.807, 2.05) is 38.6 Å². The Labute approximate surface area is 173 Å². The van der Waals surface area contributed by atoms with Gasteiger partial charge in [-0.3, -0.25) is 9.59 Å². The van der Waals surface area contributed by atoms with Crippen LogP contribution >= 0.6 is 0 Å². The van der Waals surface area contributed by atoms with Gasteiger partial charge in [-0.25, -0.2) is 4.98 Å². The maximum absolute atomic E-state index is 13.3. The number of hydrogen-bond acceptors (Lipinski definition) is 3. The monoisotopic (exact) mass is 398 g/mol. The molecule has 3 rings (SSSR count). The highest BCUT2D eigenvalue weighted by molar-refractivity contribution is 5.81. The molecule has 2 amide bonds. The topological polar surface area (TPSA) is 58.4 Å². The van der Waals surface area contributed by atoms with Crippen LogP contribution < -0.4 is 0 Å². The van der Waals surface area contributed by atoms with Gasteiger partial charge in [0.25, 0.3) is 0 Å². The van der Waals surface area contributed by atoms with Gasteiger partial charge >= 0.3 is 0 Å². The minimum absolute atomic E-state index is 0.0589. The van der Waals surface area contributed by atoms with E-state index in [9.17, 15) is 9.59 Å². The predicted octanol–water partition coefficient (Wildman–Crippen LogP) is 3.86. The number of likely N-dealkylation sites (tertiary alicyclic amines) is 1. The molecule has 1 atom stereocenters. The average molecular weight is 399 g/mol. The first kappa shape index (κ1) is 21.3. The maximum Gasteiger partial charge on any atom is 0.242 e. The number of amides is 2.